The second kappa shape index (κ2) is 4.83. The van der Waals surface area contributed by atoms with Gasteiger partial charge in [-0.1, -0.05) is 23.2 Å². The first kappa shape index (κ1) is 11.6. The molecule has 5 heteroatoms. The summed E-state index contributed by atoms with van der Waals surface area (Å²) in [7, 11) is 0. The first-order valence-corrected chi connectivity index (χ1v) is 4.60. The zero-order valence-electron chi connectivity index (χ0n) is 7.37. The minimum atomic E-state index is -1.09. The molecule has 0 saturated carbocycles. The maximum atomic E-state index is 10.3. The molecule has 3 nitrogen and oxygen atoms in total. The van der Waals surface area contributed by atoms with Crippen molar-refractivity contribution in [3.63, 3.8) is 0 Å². The molecule has 0 aliphatic heterocycles. The molecule has 0 aliphatic carbocycles. The third-order valence-corrected chi connectivity index (χ3v) is 2.23. The maximum absolute atomic E-state index is 10.3. The topological polar surface area (TPSA) is 61.1 Å². The number of rotatable bonds is 2. The molecular weight excluding hydrogens is 237 g/mol. The van der Waals surface area contributed by atoms with Crippen LogP contribution >= 0.6 is 23.2 Å². The summed E-state index contributed by atoms with van der Waals surface area (Å²) in [6.07, 6.45) is 2.22. The Hall–Kier alpha value is -1.50. The van der Waals surface area contributed by atoms with Crippen molar-refractivity contribution in [2.75, 3.05) is 0 Å². The number of aliphatic carboxylic acids is 1. The standard InChI is InChI=1S/C10H5Cl2NO2/c11-8-3-6(1-2-9(14)15)10(12)7(4-8)5-13/h1-4H,(H,14,15)/b2-1+. The zero-order chi connectivity index (χ0) is 11.4. The summed E-state index contributed by atoms with van der Waals surface area (Å²) in [5.41, 5.74) is 0.623. The summed E-state index contributed by atoms with van der Waals surface area (Å²) in [5.74, 6) is -1.09. The molecule has 76 valence electrons. The molecule has 1 aromatic rings. The largest absolute Gasteiger partial charge is 0.478 e. The number of carboxylic acids is 1. The minimum Gasteiger partial charge on any atom is -0.478 e. The minimum absolute atomic E-state index is 0.194. The molecule has 1 rings (SSSR count). The number of benzene rings is 1. The van der Waals surface area contributed by atoms with Crippen LogP contribution in [0.3, 0.4) is 0 Å². The van der Waals surface area contributed by atoms with Gasteiger partial charge >= 0.3 is 5.97 Å². The summed E-state index contributed by atoms with van der Waals surface area (Å²) in [6.45, 7) is 0. The van der Waals surface area contributed by atoms with E-state index in [4.69, 9.17) is 33.6 Å². The van der Waals surface area contributed by atoms with Crippen LogP contribution in [0.15, 0.2) is 18.2 Å². The highest BCUT2D eigenvalue weighted by atomic mass is 35.5. The van der Waals surface area contributed by atoms with Crippen LogP contribution in [0.2, 0.25) is 10.0 Å². The first-order chi connectivity index (χ1) is 7.04. The van der Waals surface area contributed by atoms with Crippen molar-refractivity contribution in [3.05, 3.63) is 39.4 Å². The van der Waals surface area contributed by atoms with Crippen LogP contribution < -0.4 is 0 Å². The van der Waals surface area contributed by atoms with Crippen molar-refractivity contribution in [3.8, 4) is 6.07 Å². The van der Waals surface area contributed by atoms with Crippen molar-refractivity contribution in [1.82, 2.24) is 0 Å². The second-order valence-corrected chi connectivity index (χ2v) is 3.45. The molecule has 0 fully saturated rings. The maximum Gasteiger partial charge on any atom is 0.328 e. The van der Waals surface area contributed by atoms with E-state index in [0.717, 1.165) is 6.08 Å². The van der Waals surface area contributed by atoms with E-state index in [2.05, 4.69) is 0 Å². The number of carboxylic acid groups (broad SMARTS) is 1. The Bertz CT molecular complexity index is 475. The molecule has 15 heavy (non-hydrogen) atoms. The predicted molar refractivity (Wildman–Crippen MR) is 57.8 cm³/mol. The number of nitriles is 1. The lowest BCUT2D eigenvalue weighted by Crippen LogP contribution is -1.87. The van der Waals surface area contributed by atoms with Gasteiger partial charge < -0.3 is 5.11 Å². The average molecular weight is 242 g/mol. The molecular formula is C10H5Cl2NO2. The Morgan fingerprint density at radius 3 is 2.67 bits per heavy atom. The van der Waals surface area contributed by atoms with Crippen molar-refractivity contribution >= 4 is 35.2 Å². The summed E-state index contributed by atoms with van der Waals surface area (Å²) >= 11 is 11.6. The molecule has 0 unspecified atom stereocenters. The number of halogens is 2. The Morgan fingerprint density at radius 2 is 2.13 bits per heavy atom. The highest BCUT2D eigenvalue weighted by molar-refractivity contribution is 6.35. The highest BCUT2D eigenvalue weighted by Gasteiger charge is 2.06. The Labute approximate surface area is 96.2 Å². The van der Waals surface area contributed by atoms with Gasteiger partial charge in [0.25, 0.3) is 0 Å². The molecule has 0 radical (unpaired) electrons. The molecule has 1 N–H and O–H groups in total. The Kier molecular flexibility index (Phi) is 3.73. The smallest absolute Gasteiger partial charge is 0.328 e. The fourth-order valence-corrected chi connectivity index (χ4v) is 1.42. The number of hydrogen-bond donors (Lipinski definition) is 1. The van der Waals surface area contributed by atoms with Crippen molar-refractivity contribution in [1.29, 1.82) is 5.26 Å². The van der Waals surface area contributed by atoms with Gasteiger partial charge in [0, 0.05) is 11.1 Å². The molecule has 0 bridgehead atoms. The first-order valence-electron chi connectivity index (χ1n) is 3.84. The molecule has 1 aromatic carbocycles. The molecule has 0 amide bonds. The summed E-state index contributed by atoms with van der Waals surface area (Å²) < 4.78 is 0. The number of carbonyl (C=O) groups is 1. The zero-order valence-corrected chi connectivity index (χ0v) is 8.88. The van der Waals surface area contributed by atoms with Crippen molar-refractivity contribution < 1.29 is 9.90 Å². The van der Waals surface area contributed by atoms with E-state index in [1.54, 1.807) is 0 Å². The fourth-order valence-electron chi connectivity index (χ4n) is 0.974. The van der Waals surface area contributed by atoms with Gasteiger partial charge in [-0.3, -0.25) is 0 Å². The van der Waals surface area contributed by atoms with Crippen LogP contribution in [-0.2, 0) is 4.79 Å². The quantitative estimate of drug-likeness (QED) is 0.811. The SMILES string of the molecule is N#Cc1cc(Cl)cc(/C=C/C(=O)O)c1Cl. The number of nitrogens with zero attached hydrogens (tertiary/aromatic N) is 1. The predicted octanol–water partition coefficient (Wildman–Crippen LogP) is 2.96. The molecule has 0 atom stereocenters. The third-order valence-electron chi connectivity index (χ3n) is 1.59. The van der Waals surface area contributed by atoms with Crippen LogP contribution in [-0.4, -0.2) is 11.1 Å². The van der Waals surface area contributed by atoms with E-state index in [1.165, 1.54) is 18.2 Å². The third kappa shape index (κ3) is 2.98. The second-order valence-electron chi connectivity index (χ2n) is 2.64. The van der Waals surface area contributed by atoms with E-state index in [-0.39, 0.29) is 10.6 Å². The van der Waals surface area contributed by atoms with E-state index < -0.39 is 5.97 Å². The monoisotopic (exact) mass is 241 g/mol. The average Bonchev–Trinajstić information content (AvgIpc) is 2.18. The normalized spacial score (nSPS) is 10.2. The van der Waals surface area contributed by atoms with Gasteiger partial charge in [-0.25, -0.2) is 4.79 Å². The van der Waals surface area contributed by atoms with Crippen LogP contribution in [0.25, 0.3) is 6.08 Å². The van der Waals surface area contributed by atoms with Crippen LogP contribution in [0, 0.1) is 11.3 Å². The van der Waals surface area contributed by atoms with Crippen LogP contribution in [0.4, 0.5) is 0 Å². The molecule has 0 aromatic heterocycles. The van der Waals surface area contributed by atoms with Crippen molar-refractivity contribution in [2.45, 2.75) is 0 Å². The van der Waals surface area contributed by atoms with Gasteiger partial charge in [0.2, 0.25) is 0 Å². The van der Waals surface area contributed by atoms with Gasteiger partial charge in [-0.15, -0.1) is 0 Å². The van der Waals surface area contributed by atoms with Gasteiger partial charge in [0.05, 0.1) is 10.6 Å². The number of hydrogen-bond acceptors (Lipinski definition) is 2. The van der Waals surface area contributed by atoms with E-state index in [0.29, 0.717) is 10.6 Å². The van der Waals surface area contributed by atoms with Gasteiger partial charge in [0.1, 0.15) is 6.07 Å². The van der Waals surface area contributed by atoms with Gasteiger partial charge in [0.15, 0.2) is 0 Å². The highest BCUT2D eigenvalue weighted by Crippen LogP contribution is 2.26. The lowest BCUT2D eigenvalue weighted by atomic mass is 10.1. The van der Waals surface area contributed by atoms with E-state index in [1.807, 2.05) is 6.07 Å². The van der Waals surface area contributed by atoms with E-state index in [9.17, 15) is 4.79 Å². The van der Waals surface area contributed by atoms with Crippen LogP contribution in [0.5, 0.6) is 0 Å². The van der Waals surface area contributed by atoms with Crippen molar-refractivity contribution in [2.24, 2.45) is 0 Å². The summed E-state index contributed by atoms with van der Waals surface area (Å²) in [5, 5.41) is 17.7. The van der Waals surface area contributed by atoms with Gasteiger partial charge in [-0.2, -0.15) is 5.26 Å². The molecule has 0 saturated heterocycles. The fraction of sp³-hybridized carbons (Fsp3) is 0. The Morgan fingerprint density at radius 1 is 1.47 bits per heavy atom. The molecule has 0 aliphatic rings. The summed E-state index contributed by atoms with van der Waals surface area (Å²) in [4.78, 5) is 10.3. The Balaban J connectivity index is 3.25. The van der Waals surface area contributed by atoms with Crippen LogP contribution in [0.1, 0.15) is 11.1 Å². The molecule has 0 heterocycles. The molecule has 0 spiro atoms. The van der Waals surface area contributed by atoms with Gasteiger partial charge in [-0.05, 0) is 23.8 Å². The lowest BCUT2D eigenvalue weighted by Gasteiger charge is -2.01. The van der Waals surface area contributed by atoms with E-state index >= 15 is 0 Å². The lowest BCUT2D eigenvalue weighted by molar-refractivity contribution is -0.131. The summed E-state index contributed by atoms with van der Waals surface area (Å²) in [6, 6.07) is 4.78.